The van der Waals surface area contributed by atoms with Crippen molar-refractivity contribution < 1.29 is 23.1 Å². The third kappa shape index (κ3) is 7.43. The molecule has 2 aromatic carbocycles. The minimum atomic E-state index is -2.70. The first-order chi connectivity index (χ1) is 19.5. The summed E-state index contributed by atoms with van der Waals surface area (Å²) in [7, 11) is 3.25. The Bertz CT molecular complexity index is 1340. The molecule has 3 N–H and O–H groups in total. The van der Waals surface area contributed by atoms with Gasteiger partial charge in [0, 0.05) is 44.0 Å². The maximum Gasteiger partial charge on any atom is 0.409 e. The minimum absolute atomic E-state index is 0.207. The minimum Gasteiger partial charge on any atom is -0.453 e. The van der Waals surface area contributed by atoms with Gasteiger partial charge in [-0.1, -0.05) is 73.9 Å². The number of halogens is 2. The number of methoxy groups -OCH3 is 1. The van der Waals surface area contributed by atoms with Gasteiger partial charge in [-0.3, -0.25) is 4.79 Å². The van der Waals surface area contributed by atoms with Gasteiger partial charge >= 0.3 is 6.09 Å². The van der Waals surface area contributed by atoms with Crippen molar-refractivity contribution in [2.45, 2.75) is 69.4 Å². The number of hydrogen-bond donors (Lipinski definition) is 2. The van der Waals surface area contributed by atoms with E-state index in [4.69, 9.17) is 5.73 Å². The van der Waals surface area contributed by atoms with E-state index in [0.717, 1.165) is 29.5 Å². The number of amides is 2. The van der Waals surface area contributed by atoms with Gasteiger partial charge in [0.1, 0.15) is 5.69 Å². The normalized spacial score (nSPS) is 17.3. The molecule has 10 heteroatoms. The molecule has 2 aliphatic carbocycles. The van der Waals surface area contributed by atoms with Crippen molar-refractivity contribution in [3.8, 4) is 22.4 Å². The summed E-state index contributed by atoms with van der Waals surface area (Å²) in [6, 6.07) is 19.0. The number of rotatable bonds is 5. The molecule has 0 radical (unpaired) electrons. The average Bonchev–Trinajstić information content (AvgIpc) is 2.96. The molecule has 1 heterocycles. The topological polar surface area (TPSA) is 110 Å². The first-order valence-corrected chi connectivity index (χ1v) is 13.8. The van der Waals surface area contributed by atoms with E-state index in [1.807, 2.05) is 49.5 Å². The molecule has 0 bridgehead atoms. The van der Waals surface area contributed by atoms with Crippen LogP contribution >= 0.6 is 0 Å². The molecular formula is C31H37F2N5O3. The largest absolute Gasteiger partial charge is 0.453 e. The highest BCUT2D eigenvalue weighted by molar-refractivity contribution is 5.90. The monoisotopic (exact) mass is 565 g/mol. The lowest BCUT2D eigenvalue weighted by Gasteiger charge is -2.44. The second-order valence-electron chi connectivity index (χ2n) is 10.9. The van der Waals surface area contributed by atoms with Crippen molar-refractivity contribution in [1.29, 1.82) is 0 Å². The fourth-order valence-electron chi connectivity index (χ4n) is 5.48. The van der Waals surface area contributed by atoms with Gasteiger partial charge in [0.2, 0.25) is 5.91 Å². The van der Waals surface area contributed by atoms with Crippen LogP contribution in [-0.4, -0.2) is 53.2 Å². The van der Waals surface area contributed by atoms with E-state index in [0.29, 0.717) is 23.1 Å². The molecule has 2 fully saturated rings. The molecule has 0 atom stereocenters. The zero-order chi connectivity index (χ0) is 29.6. The summed E-state index contributed by atoms with van der Waals surface area (Å²) in [5.41, 5.74) is 8.94. The lowest BCUT2D eigenvalue weighted by atomic mass is 9.70. The van der Waals surface area contributed by atoms with Crippen LogP contribution in [0.2, 0.25) is 0 Å². The standard InChI is InChI=1S/C22H20F2N4O.C9H17NO2/c1-14(29)26-19-11-18(15-5-3-2-4-6-15)20(28-27-19)16-7-9-17(10-8-16)21(25)12-22(23,24)13-21;1-10(9(11)12-2)8-6-4-3-5-7-8/h2-11H,12-13,25H2,1H3,(H,26,27,29);8H,3-7H2,1-2H3. The van der Waals surface area contributed by atoms with Crippen LogP contribution in [0.25, 0.3) is 22.4 Å². The molecule has 0 aliphatic heterocycles. The van der Waals surface area contributed by atoms with E-state index >= 15 is 0 Å². The van der Waals surface area contributed by atoms with Crippen LogP contribution in [0.3, 0.4) is 0 Å². The van der Waals surface area contributed by atoms with E-state index in [1.54, 1.807) is 23.1 Å². The van der Waals surface area contributed by atoms with Gasteiger partial charge < -0.3 is 20.7 Å². The Kier molecular flexibility index (Phi) is 9.32. The molecule has 41 heavy (non-hydrogen) atoms. The first-order valence-electron chi connectivity index (χ1n) is 13.8. The molecule has 5 rings (SSSR count). The number of nitrogens with zero attached hydrogens (tertiary/aromatic N) is 3. The Balaban J connectivity index is 0.000000271. The SMILES string of the molecule is CC(=O)Nc1cc(-c2ccccc2)c(-c2ccc(C3(N)CC(F)(F)C3)cc2)nn1.COC(=O)N(C)C1CCCCC1. The summed E-state index contributed by atoms with van der Waals surface area (Å²) in [6.07, 6.45) is 5.15. The van der Waals surface area contributed by atoms with Crippen molar-refractivity contribution in [1.82, 2.24) is 15.1 Å². The molecule has 0 saturated heterocycles. The Hall–Kier alpha value is -3.92. The summed E-state index contributed by atoms with van der Waals surface area (Å²) in [5.74, 6) is -2.57. The molecule has 218 valence electrons. The number of benzene rings is 2. The van der Waals surface area contributed by atoms with E-state index < -0.39 is 11.5 Å². The average molecular weight is 566 g/mol. The van der Waals surface area contributed by atoms with Gasteiger partial charge in [0.15, 0.2) is 5.82 Å². The number of aromatic nitrogens is 2. The van der Waals surface area contributed by atoms with Crippen LogP contribution in [0.1, 0.15) is 57.4 Å². The van der Waals surface area contributed by atoms with Gasteiger partial charge in [-0.2, -0.15) is 0 Å². The third-order valence-corrected chi connectivity index (χ3v) is 7.65. The van der Waals surface area contributed by atoms with Crippen LogP contribution < -0.4 is 11.1 Å². The highest BCUT2D eigenvalue weighted by Crippen LogP contribution is 2.50. The quantitative estimate of drug-likeness (QED) is 0.372. The van der Waals surface area contributed by atoms with Crippen LogP contribution in [-0.2, 0) is 15.1 Å². The summed E-state index contributed by atoms with van der Waals surface area (Å²) < 4.78 is 31.3. The van der Waals surface area contributed by atoms with Crippen LogP contribution in [0.15, 0.2) is 60.7 Å². The maximum absolute atomic E-state index is 13.3. The number of carbonyl (C=O) groups is 2. The summed E-state index contributed by atoms with van der Waals surface area (Å²) in [4.78, 5) is 24.2. The predicted octanol–water partition coefficient (Wildman–Crippen LogP) is 6.37. The van der Waals surface area contributed by atoms with Crippen LogP contribution in [0.4, 0.5) is 19.4 Å². The number of hydrogen-bond acceptors (Lipinski definition) is 6. The summed E-state index contributed by atoms with van der Waals surface area (Å²) >= 11 is 0. The lowest BCUT2D eigenvalue weighted by Crippen LogP contribution is -2.55. The number of anilines is 1. The fraction of sp³-hybridized carbons (Fsp3) is 0.419. The smallest absolute Gasteiger partial charge is 0.409 e. The number of alkyl halides is 2. The maximum atomic E-state index is 13.3. The Labute approximate surface area is 239 Å². The molecule has 8 nitrogen and oxygen atoms in total. The van der Waals surface area contributed by atoms with E-state index in [1.165, 1.54) is 33.3 Å². The summed E-state index contributed by atoms with van der Waals surface area (Å²) in [5, 5.41) is 11.0. The molecule has 3 aromatic rings. The van der Waals surface area contributed by atoms with E-state index in [9.17, 15) is 18.4 Å². The first kappa shape index (κ1) is 30.0. The number of nitrogens with one attached hydrogen (secondary N) is 1. The highest BCUT2D eigenvalue weighted by atomic mass is 19.3. The van der Waals surface area contributed by atoms with Crippen molar-refractivity contribution in [3.05, 3.63) is 66.2 Å². The number of ether oxygens (including phenoxy) is 1. The third-order valence-electron chi connectivity index (χ3n) is 7.65. The number of nitrogens with two attached hydrogens (primary N) is 1. The lowest BCUT2D eigenvalue weighted by molar-refractivity contribution is -0.125. The predicted molar refractivity (Wildman–Crippen MR) is 154 cm³/mol. The van der Waals surface area contributed by atoms with Crippen molar-refractivity contribution in [3.63, 3.8) is 0 Å². The fourth-order valence-corrected chi connectivity index (χ4v) is 5.48. The zero-order valence-electron chi connectivity index (χ0n) is 23.7. The van der Waals surface area contributed by atoms with Gasteiger partial charge in [0.25, 0.3) is 5.92 Å². The van der Waals surface area contributed by atoms with Crippen molar-refractivity contribution in [2.75, 3.05) is 19.5 Å². The molecule has 0 unspecified atom stereocenters. The zero-order valence-corrected chi connectivity index (χ0v) is 23.7. The second-order valence-corrected chi connectivity index (χ2v) is 10.9. The molecule has 2 amide bonds. The van der Waals surface area contributed by atoms with E-state index in [-0.39, 0.29) is 24.8 Å². The van der Waals surface area contributed by atoms with E-state index in [2.05, 4.69) is 20.3 Å². The van der Waals surface area contributed by atoms with Crippen LogP contribution in [0, 0.1) is 0 Å². The van der Waals surface area contributed by atoms with Gasteiger partial charge in [0.05, 0.1) is 12.6 Å². The van der Waals surface area contributed by atoms with Gasteiger partial charge in [-0.05, 0) is 30.0 Å². The second kappa shape index (κ2) is 12.7. The van der Waals surface area contributed by atoms with Crippen molar-refractivity contribution >= 4 is 17.8 Å². The highest BCUT2D eigenvalue weighted by Gasteiger charge is 2.55. The Morgan fingerprint density at radius 1 is 0.976 bits per heavy atom. The Morgan fingerprint density at radius 3 is 2.17 bits per heavy atom. The summed E-state index contributed by atoms with van der Waals surface area (Å²) in [6.45, 7) is 1.41. The van der Waals surface area contributed by atoms with Crippen LogP contribution in [0.5, 0.6) is 0 Å². The van der Waals surface area contributed by atoms with Gasteiger partial charge in [-0.15, -0.1) is 10.2 Å². The molecular weight excluding hydrogens is 528 g/mol. The number of carbonyl (C=O) groups excluding carboxylic acids is 2. The molecule has 2 saturated carbocycles. The van der Waals surface area contributed by atoms with Gasteiger partial charge in [-0.25, -0.2) is 13.6 Å². The Morgan fingerprint density at radius 2 is 1.61 bits per heavy atom. The molecule has 0 spiro atoms. The molecule has 2 aliphatic rings. The van der Waals surface area contributed by atoms with Crippen molar-refractivity contribution in [2.24, 2.45) is 5.73 Å². The molecule has 1 aromatic heterocycles.